The summed E-state index contributed by atoms with van der Waals surface area (Å²) in [5, 5.41) is 7.38. The number of Topliss-reactive ketones (excluding diaryl/α,β-unsaturated/α-hetero) is 1. The minimum absolute atomic E-state index is 0.0714. The maximum atomic E-state index is 11.4. The van der Waals surface area contributed by atoms with E-state index >= 15 is 0 Å². The lowest BCUT2D eigenvalue weighted by Gasteiger charge is -2.12. The first kappa shape index (κ1) is 11.4. The Kier molecular flexibility index (Phi) is 3.18. The molecule has 0 saturated heterocycles. The molecule has 5 nitrogen and oxygen atoms in total. The summed E-state index contributed by atoms with van der Waals surface area (Å²) >= 11 is 1.53. The van der Waals surface area contributed by atoms with Crippen molar-refractivity contribution in [2.24, 2.45) is 5.92 Å². The van der Waals surface area contributed by atoms with Crippen molar-refractivity contribution in [3.05, 3.63) is 10.5 Å². The number of H-pyrrole nitrogens is 1. The van der Waals surface area contributed by atoms with Gasteiger partial charge in [-0.2, -0.15) is 0 Å². The van der Waals surface area contributed by atoms with Gasteiger partial charge >= 0.3 is 5.69 Å². The van der Waals surface area contributed by atoms with Crippen LogP contribution in [0.1, 0.15) is 26.7 Å². The molecule has 0 bridgehead atoms. The fourth-order valence-corrected chi connectivity index (χ4v) is 3.24. The van der Waals surface area contributed by atoms with Gasteiger partial charge in [-0.3, -0.25) is 9.36 Å². The number of aromatic amines is 1. The molecular formula is C10H15N3O2S. The standard InChI is InChI=1S/C10H15N3O2S/c1-3-13-9(15)11-12-10(13)16-8-5-4-7(14)6(8)2/h6,8H,3-5H2,1-2H3,(H,11,15). The van der Waals surface area contributed by atoms with E-state index in [0.717, 1.165) is 6.42 Å². The van der Waals surface area contributed by atoms with Crippen molar-refractivity contribution in [2.45, 2.75) is 43.6 Å². The van der Waals surface area contributed by atoms with Crippen LogP contribution in [0.3, 0.4) is 0 Å². The summed E-state index contributed by atoms with van der Waals surface area (Å²) in [6.45, 7) is 4.46. The molecular weight excluding hydrogens is 226 g/mol. The highest BCUT2D eigenvalue weighted by molar-refractivity contribution is 7.99. The molecule has 6 heteroatoms. The Morgan fingerprint density at radius 3 is 2.88 bits per heavy atom. The van der Waals surface area contributed by atoms with Crippen molar-refractivity contribution in [3.8, 4) is 0 Å². The third-order valence-corrected chi connectivity index (χ3v) is 4.51. The summed E-state index contributed by atoms with van der Waals surface area (Å²) in [6.07, 6.45) is 1.54. The number of ketones is 1. The zero-order valence-corrected chi connectivity index (χ0v) is 10.2. The van der Waals surface area contributed by atoms with Gasteiger partial charge in [-0.25, -0.2) is 9.89 Å². The molecule has 0 radical (unpaired) electrons. The number of hydrogen-bond acceptors (Lipinski definition) is 4. The number of carbonyl (C=O) groups excluding carboxylic acids is 1. The van der Waals surface area contributed by atoms with Crippen LogP contribution in [0.4, 0.5) is 0 Å². The summed E-state index contributed by atoms with van der Waals surface area (Å²) in [7, 11) is 0. The maximum Gasteiger partial charge on any atom is 0.343 e. The van der Waals surface area contributed by atoms with Crippen LogP contribution >= 0.6 is 11.8 Å². The molecule has 88 valence electrons. The van der Waals surface area contributed by atoms with Gasteiger partial charge in [0.25, 0.3) is 0 Å². The number of hydrogen-bond donors (Lipinski definition) is 1. The van der Waals surface area contributed by atoms with E-state index < -0.39 is 0 Å². The number of nitrogens with one attached hydrogen (secondary N) is 1. The molecule has 16 heavy (non-hydrogen) atoms. The Balaban J connectivity index is 2.15. The molecule has 0 aromatic carbocycles. The predicted octanol–water partition coefficient (Wildman–Crippen LogP) is 1.05. The van der Waals surface area contributed by atoms with Crippen molar-refractivity contribution < 1.29 is 4.79 Å². The minimum atomic E-state index is -0.179. The maximum absolute atomic E-state index is 11.4. The Bertz CT molecular complexity index is 451. The predicted molar refractivity (Wildman–Crippen MR) is 61.6 cm³/mol. The molecule has 1 aromatic heterocycles. The van der Waals surface area contributed by atoms with Gasteiger partial charge in [0, 0.05) is 24.1 Å². The zero-order valence-electron chi connectivity index (χ0n) is 9.40. The SMILES string of the molecule is CCn1c(SC2CCC(=O)C2C)n[nH]c1=O. The van der Waals surface area contributed by atoms with Gasteiger partial charge < -0.3 is 0 Å². The lowest BCUT2D eigenvalue weighted by Crippen LogP contribution is -2.18. The lowest BCUT2D eigenvalue weighted by molar-refractivity contribution is -0.120. The van der Waals surface area contributed by atoms with Crippen LogP contribution in [0.5, 0.6) is 0 Å². The highest BCUT2D eigenvalue weighted by Crippen LogP contribution is 2.35. The largest absolute Gasteiger partial charge is 0.343 e. The van der Waals surface area contributed by atoms with E-state index in [1.165, 1.54) is 11.8 Å². The highest BCUT2D eigenvalue weighted by atomic mass is 32.2. The number of aromatic nitrogens is 3. The van der Waals surface area contributed by atoms with E-state index in [4.69, 9.17) is 0 Å². The van der Waals surface area contributed by atoms with Gasteiger partial charge in [0.1, 0.15) is 5.78 Å². The van der Waals surface area contributed by atoms with Gasteiger partial charge in [-0.05, 0) is 13.3 Å². The summed E-state index contributed by atoms with van der Waals surface area (Å²) in [5.74, 6) is 0.389. The Hall–Kier alpha value is -1.04. The van der Waals surface area contributed by atoms with E-state index in [9.17, 15) is 9.59 Å². The molecule has 0 amide bonds. The van der Waals surface area contributed by atoms with Crippen LogP contribution < -0.4 is 5.69 Å². The van der Waals surface area contributed by atoms with Gasteiger partial charge in [0.2, 0.25) is 0 Å². The molecule has 1 aliphatic rings. The average molecular weight is 241 g/mol. The molecule has 1 heterocycles. The van der Waals surface area contributed by atoms with Crippen LogP contribution in [-0.2, 0) is 11.3 Å². The number of rotatable bonds is 3. The number of nitrogens with zero attached hydrogens (tertiary/aromatic N) is 2. The fraction of sp³-hybridized carbons (Fsp3) is 0.700. The van der Waals surface area contributed by atoms with Crippen LogP contribution in [-0.4, -0.2) is 25.8 Å². The third kappa shape index (κ3) is 1.93. The Morgan fingerprint density at radius 1 is 1.56 bits per heavy atom. The van der Waals surface area contributed by atoms with Gasteiger partial charge in [0.05, 0.1) is 0 Å². The first-order valence-corrected chi connectivity index (χ1v) is 6.36. The third-order valence-electron chi connectivity index (χ3n) is 3.04. The topological polar surface area (TPSA) is 67.8 Å². The van der Waals surface area contributed by atoms with E-state index in [0.29, 0.717) is 23.9 Å². The molecule has 2 unspecified atom stereocenters. The van der Waals surface area contributed by atoms with Crippen molar-refractivity contribution >= 4 is 17.5 Å². The van der Waals surface area contributed by atoms with E-state index in [-0.39, 0.29) is 16.9 Å². The second kappa shape index (κ2) is 4.45. The van der Waals surface area contributed by atoms with Gasteiger partial charge in [0.15, 0.2) is 5.16 Å². The monoisotopic (exact) mass is 241 g/mol. The van der Waals surface area contributed by atoms with E-state index in [1.807, 2.05) is 13.8 Å². The van der Waals surface area contributed by atoms with E-state index in [1.54, 1.807) is 4.57 Å². The molecule has 0 spiro atoms. The second-order valence-corrected chi connectivity index (χ2v) is 5.21. The van der Waals surface area contributed by atoms with E-state index in [2.05, 4.69) is 10.2 Å². The number of carbonyl (C=O) groups is 1. The van der Waals surface area contributed by atoms with Crippen molar-refractivity contribution in [2.75, 3.05) is 0 Å². The summed E-state index contributed by atoms with van der Waals surface area (Å²) in [5.41, 5.74) is -0.179. The quantitative estimate of drug-likeness (QED) is 0.859. The highest BCUT2D eigenvalue weighted by Gasteiger charge is 2.32. The summed E-state index contributed by atoms with van der Waals surface area (Å²) < 4.78 is 1.60. The second-order valence-electron chi connectivity index (χ2n) is 4.01. The first-order valence-electron chi connectivity index (χ1n) is 5.48. The minimum Gasteiger partial charge on any atom is -0.299 e. The Labute approximate surface area is 97.6 Å². The summed E-state index contributed by atoms with van der Waals surface area (Å²) in [6, 6.07) is 0. The molecule has 1 aliphatic carbocycles. The van der Waals surface area contributed by atoms with Crippen LogP contribution in [0.15, 0.2) is 9.95 Å². The molecule has 2 rings (SSSR count). The zero-order chi connectivity index (χ0) is 11.7. The van der Waals surface area contributed by atoms with Crippen molar-refractivity contribution in [1.29, 1.82) is 0 Å². The Morgan fingerprint density at radius 2 is 2.31 bits per heavy atom. The van der Waals surface area contributed by atoms with Crippen LogP contribution in [0.25, 0.3) is 0 Å². The normalized spacial score (nSPS) is 25.2. The first-order chi connectivity index (χ1) is 7.63. The summed E-state index contributed by atoms with van der Waals surface area (Å²) in [4.78, 5) is 22.8. The molecule has 0 aliphatic heterocycles. The molecule has 1 N–H and O–H groups in total. The van der Waals surface area contributed by atoms with Crippen molar-refractivity contribution in [3.63, 3.8) is 0 Å². The molecule has 1 saturated carbocycles. The molecule has 1 fully saturated rings. The van der Waals surface area contributed by atoms with Crippen LogP contribution in [0, 0.1) is 5.92 Å². The fourth-order valence-electron chi connectivity index (χ4n) is 1.94. The van der Waals surface area contributed by atoms with Crippen LogP contribution in [0.2, 0.25) is 0 Å². The van der Waals surface area contributed by atoms with Crippen molar-refractivity contribution in [1.82, 2.24) is 14.8 Å². The number of thioether (sulfide) groups is 1. The molecule has 1 aromatic rings. The van der Waals surface area contributed by atoms with Gasteiger partial charge in [-0.1, -0.05) is 18.7 Å². The average Bonchev–Trinajstić information content (AvgIpc) is 2.76. The lowest BCUT2D eigenvalue weighted by atomic mass is 10.1. The smallest absolute Gasteiger partial charge is 0.299 e. The van der Waals surface area contributed by atoms with Gasteiger partial charge in [-0.15, -0.1) is 5.10 Å². The molecule has 2 atom stereocenters.